The summed E-state index contributed by atoms with van der Waals surface area (Å²) >= 11 is 0. The molecule has 1 radical (unpaired) electrons. The first-order valence-electron chi connectivity index (χ1n) is 5.55. The molecule has 0 aliphatic rings. The van der Waals surface area contributed by atoms with Crippen molar-refractivity contribution < 1.29 is 14.3 Å². The molecule has 0 saturated heterocycles. The number of nitrogens with zero attached hydrogens (tertiary/aromatic N) is 1. The van der Waals surface area contributed by atoms with E-state index in [1.807, 2.05) is 0 Å². The summed E-state index contributed by atoms with van der Waals surface area (Å²) in [6.45, 7) is 5.13. The van der Waals surface area contributed by atoms with Crippen molar-refractivity contribution in [1.82, 2.24) is 15.3 Å². The number of rotatable bonds is 3. The molecule has 1 aromatic rings. The molecule has 1 atom stereocenters. The molecule has 0 aromatic carbocycles. The summed E-state index contributed by atoms with van der Waals surface area (Å²) in [5, 5.41) is 2.09. The fourth-order valence-corrected chi connectivity index (χ4v) is 1.22. The molecule has 7 nitrogen and oxygen atoms in total. The summed E-state index contributed by atoms with van der Waals surface area (Å²) in [5.74, 6) is -0.591. The molecule has 1 heterocycles. The molecule has 1 rings (SSSR count). The van der Waals surface area contributed by atoms with Gasteiger partial charge in [0.2, 0.25) is 5.91 Å². The molecule has 0 unspecified atom stereocenters. The zero-order chi connectivity index (χ0) is 13.8. The van der Waals surface area contributed by atoms with E-state index in [2.05, 4.69) is 15.3 Å². The molecule has 0 saturated carbocycles. The molecule has 0 bridgehead atoms. The number of hydrogen-bond donors (Lipinski definition) is 3. The van der Waals surface area contributed by atoms with Crippen LogP contribution in [0.3, 0.4) is 0 Å². The minimum Gasteiger partial charge on any atom is -0.444 e. The van der Waals surface area contributed by atoms with Gasteiger partial charge in [0, 0.05) is 42.2 Å². The fraction of sp³-hybridized carbons (Fsp3) is 0.545. The number of imide groups is 1. The first kappa shape index (κ1) is 18.1. The molecule has 1 aromatic heterocycles. The monoisotopic (exact) mass is 277 g/mol. The predicted molar refractivity (Wildman–Crippen MR) is 70.4 cm³/mol. The Morgan fingerprint density at radius 2 is 2.16 bits per heavy atom. The van der Waals surface area contributed by atoms with Gasteiger partial charge in [-0.1, -0.05) is 0 Å². The third kappa shape index (κ3) is 7.31. The number of alkyl carbamates (subject to hydrolysis) is 1. The Balaban J connectivity index is 0.00000324. The summed E-state index contributed by atoms with van der Waals surface area (Å²) in [7, 11) is 0. The molecule has 4 N–H and O–H groups in total. The van der Waals surface area contributed by atoms with E-state index in [1.54, 1.807) is 27.0 Å². The third-order valence-corrected chi connectivity index (χ3v) is 1.94. The zero-order valence-corrected chi connectivity index (χ0v) is 13.7. The van der Waals surface area contributed by atoms with Crippen molar-refractivity contribution in [3.05, 3.63) is 18.2 Å². The first-order chi connectivity index (χ1) is 8.28. The van der Waals surface area contributed by atoms with Crippen LogP contribution in [0.25, 0.3) is 0 Å². The van der Waals surface area contributed by atoms with Crippen LogP contribution in [0.15, 0.2) is 12.5 Å². The van der Waals surface area contributed by atoms with Gasteiger partial charge in [-0.05, 0) is 20.8 Å². The number of imidazole rings is 1. The number of aromatic amines is 1. The van der Waals surface area contributed by atoms with Crippen molar-refractivity contribution in [2.75, 3.05) is 0 Å². The maximum Gasteiger partial charge on any atom is 0.414 e. The number of carbonyl (C=O) groups excluding carboxylic acids is 2. The normalized spacial score (nSPS) is 12.2. The maximum absolute atomic E-state index is 11.6. The van der Waals surface area contributed by atoms with Crippen molar-refractivity contribution in [3.63, 3.8) is 0 Å². The number of nitrogens with two attached hydrogens (primary N) is 1. The average molecular weight is 277 g/mol. The van der Waals surface area contributed by atoms with Crippen molar-refractivity contribution in [1.29, 1.82) is 0 Å². The van der Waals surface area contributed by atoms with E-state index in [9.17, 15) is 9.59 Å². The van der Waals surface area contributed by atoms with E-state index in [0.29, 0.717) is 5.69 Å². The molecule has 0 aliphatic carbocycles. The van der Waals surface area contributed by atoms with Gasteiger partial charge in [-0.25, -0.2) is 9.78 Å². The second-order valence-electron chi connectivity index (χ2n) is 4.86. The molecule has 2 amide bonds. The smallest absolute Gasteiger partial charge is 0.414 e. The van der Waals surface area contributed by atoms with Gasteiger partial charge >= 0.3 is 6.09 Å². The van der Waals surface area contributed by atoms with Gasteiger partial charge in [-0.15, -0.1) is 0 Å². The largest absolute Gasteiger partial charge is 0.444 e. The molecule has 0 spiro atoms. The Bertz CT molecular complexity index is 414. The fourth-order valence-electron chi connectivity index (χ4n) is 1.22. The second kappa shape index (κ2) is 7.64. The van der Waals surface area contributed by atoms with Crippen LogP contribution in [0.5, 0.6) is 0 Å². The number of amides is 2. The van der Waals surface area contributed by atoms with Crippen molar-refractivity contribution >= 4 is 41.6 Å². The Hall–Kier alpha value is -0.890. The summed E-state index contributed by atoms with van der Waals surface area (Å²) in [6.07, 6.45) is 2.58. The second-order valence-corrected chi connectivity index (χ2v) is 4.86. The summed E-state index contributed by atoms with van der Waals surface area (Å²) in [5.41, 5.74) is 5.65. The summed E-state index contributed by atoms with van der Waals surface area (Å²) in [6, 6.07) is -0.846. The maximum atomic E-state index is 11.6. The minimum absolute atomic E-state index is 0. The average Bonchev–Trinajstić information content (AvgIpc) is 2.66. The number of aromatic nitrogens is 2. The van der Waals surface area contributed by atoms with Crippen LogP contribution < -0.4 is 11.1 Å². The van der Waals surface area contributed by atoms with Gasteiger partial charge < -0.3 is 15.5 Å². The van der Waals surface area contributed by atoms with Crippen LogP contribution in [0.4, 0.5) is 4.79 Å². The summed E-state index contributed by atoms with van der Waals surface area (Å²) < 4.78 is 4.95. The number of ether oxygens (including phenoxy) is 1. The van der Waals surface area contributed by atoms with Gasteiger partial charge in [-0.3, -0.25) is 10.1 Å². The van der Waals surface area contributed by atoms with Gasteiger partial charge in [0.25, 0.3) is 0 Å². The Kier molecular flexibility index (Phi) is 7.28. The molecule has 19 heavy (non-hydrogen) atoms. The number of nitrogens with one attached hydrogen (secondary N) is 2. The van der Waals surface area contributed by atoms with E-state index >= 15 is 0 Å². The topological polar surface area (TPSA) is 110 Å². The van der Waals surface area contributed by atoms with Crippen LogP contribution in [0.2, 0.25) is 0 Å². The van der Waals surface area contributed by atoms with E-state index in [-0.39, 0.29) is 36.0 Å². The quantitative estimate of drug-likeness (QED) is 0.671. The molecule has 0 fully saturated rings. The van der Waals surface area contributed by atoms with E-state index < -0.39 is 23.6 Å². The van der Waals surface area contributed by atoms with Crippen LogP contribution in [0, 0.1) is 0 Å². The predicted octanol–water partition coefficient (Wildman–Crippen LogP) is -0.0500. The first-order valence-corrected chi connectivity index (χ1v) is 5.55. The van der Waals surface area contributed by atoms with Crippen molar-refractivity contribution in [3.8, 4) is 0 Å². The number of carbonyl (C=O) groups is 2. The zero-order valence-electron chi connectivity index (χ0n) is 11.7. The van der Waals surface area contributed by atoms with Crippen molar-refractivity contribution in [2.45, 2.75) is 38.8 Å². The Morgan fingerprint density at radius 1 is 1.53 bits per heavy atom. The van der Waals surface area contributed by atoms with Crippen LogP contribution in [-0.4, -0.2) is 63.2 Å². The van der Waals surface area contributed by atoms with E-state index in [1.165, 1.54) is 6.33 Å². The van der Waals surface area contributed by atoms with Gasteiger partial charge in [-0.2, -0.15) is 0 Å². The third-order valence-electron chi connectivity index (χ3n) is 1.94. The Labute approximate surface area is 134 Å². The number of H-pyrrole nitrogens is 1. The molecular formula is C11H18N4NaO3. The summed E-state index contributed by atoms with van der Waals surface area (Å²) in [4.78, 5) is 29.6. The van der Waals surface area contributed by atoms with Gasteiger partial charge in [0.1, 0.15) is 5.60 Å². The molecule has 0 aliphatic heterocycles. The molecule has 8 heteroatoms. The molecule has 101 valence electrons. The SMILES string of the molecule is CC(C)(C)OC(=O)NC(=O)[C@@H](N)Cc1c[nH]cn1.[Na]. The van der Waals surface area contributed by atoms with Gasteiger partial charge in [0.05, 0.1) is 18.1 Å². The standard InChI is InChI=1S/C11H18N4O3.Na/c1-11(2,3)18-10(17)15-9(16)8(12)4-7-5-13-6-14-7;/h5-6,8H,4,12H2,1-3H3,(H,13,14)(H,15,16,17);/t8-;/m0./s1. The number of hydrogen-bond acceptors (Lipinski definition) is 5. The molecular weight excluding hydrogens is 259 g/mol. The van der Waals surface area contributed by atoms with Crippen LogP contribution in [-0.2, 0) is 16.0 Å². The van der Waals surface area contributed by atoms with Crippen LogP contribution >= 0.6 is 0 Å². The van der Waals surface area contributed by atoms with E-state index in [0.717, 1.165) is 0 Å². The minimum atomic E-state index is -0.846. The Morgan fingerprint density at radius 3 is 2.63 bits per heavy atom. The van der Waals surface area contributed by atoms with Crippen LogP contribution in [0.1, 0.15) is 26.5 Å². The van der Waals surface area contributed by atoms with Crippen molar-refractivity contribution in [2.24, 2.45) is 5.73 Å². The van der Waals surface area contributed by atoms with E-state index in [4.69, 9.17) is 10.5 Å². The van der Waals surface area contributed by atoms with Gasteiger partial charge in [0.15, 0.2) is 0 Å².